The first-order chi connectivity index (χ1) is 15.7. The van der Waals surface area contributed by atoms with Gasteiger partial charge < -0.3 is 20.0 Å². The van der Waals surface area contributed by atoms with Crippen LogP contribution in [0.25, 0.3) is 0 Å². The Labute approximate surface area is 190 Å². The number of nitrogens with one attached hydrogen (secondary N) is 2. The van der Waals surface area contributed by atoms with E-state index < -0.39 is 0 Å². The molecule has 2 saturated heterocycles. The van der Waals surface area contributed by atoms with E-state index in [0.717, 1.165) is 56.4 Å². The zero-order chi connectivity index (χ0) is 22.2. The molecule has 0 aliphatic carbocycles. The highest BCUT2D eigenvalue weighted by Crippen LogP contribution is 2.25. The summed E-state index contributed by atoms with van der Waals surface area (Å²) in [5, 5.41) is 6.90. The summed E-state index contributed by atoms with van der Waals surface area (Å²) in [4.78, 5) is 21.4. The number of aliphatic imine (C=N–C) groups is 1. The number of carbonyl (C=O) groups excluding carboxylic acids is 1. The highest BCUT2D eigenvalue weighted by Gasteiger charge is 2.25. The maximum atomic E-state index is 12.1. The molecule has 0 bridgehead atoms. The number of nitrogens with zero attached hydrogens (tertiary/aromatic N) is 3. The molecule has 2 aliphatic rings. The van der Waals surface area contributed by atoms with Gasteiger partial charge in [-0.3, -0.25) is 9.69 Å². The molecule has 2 aromatic rings. The lowest BCUT2D eigenvalue weighted by Gasteiger charge is -2.26. The first-order valence-electron chi connectivity index (χ1n) is 11.9. The van der Waals surface area contributed by atoms with Crippen LogP contribution in [0, 0.1) is 0 Å². The fraction of sp³-hybridized carbons (Fsp3) is 0.520. The maximum absolute atomic E-state index is 12.1. The average molecular weight is 438 g/mol. The van der Waals surface area contributed by atoms with E-state index in [2.05, 4.69) is 40.7 Å². The smallest absolute Gasteiger partial charge is 0.222 e. The number of furan rings is 1. The molecule has 172 valence electrons. The lowest BCUT2D eigenvalue weighted by molar-refractivity contribution is -0.128. The van der Waals surface area contributed by atoms with E-state index in [-0.39, 0.29) is 11.9 Å². The highest BCUT2D eigenvalue weighted by molar-refractivity contribution is 5.80. The monoisotopic (exact) mass is 437 g/mol. The molecular formula is C25H35N5O2. The van der Waals surface area contributed by atoms with Crippen molar-refractivity contribution in [2.45, 2.75) is 51.7 Å². The average Bonchev–Trinajstić information content (AvgIpc) is 3.58. The lowest BCUT2D eigenvalue weighted by atomic mass is 10.1. The summed E-state index contributed by atoms with van der Waals surface area (Å²) < 4.78 is 5.74. The zero-order valence-corrected chi connectivity index (χ0v) is 19.1. The third kappa shape index (κ3) is 5.71. The quantitative estimate of drug-likeness (QED) is 0.465. The first kappa shape index (κ1) is 22.4. The van der Waals surface area contributed by atoms with Crippen LogP contribution in [-0.2, 0) is 17.9 Å². The van der Waals surface area contributed by atoms with Crippen LogP contribution in [0.15, 0.2) is 52.1 Å². The molecule has 7 heteroatoms. The van der Waals surface area contributed by atoms with E-state index in [1.165, 1.54) is 18.4 Å². The summed E-state index contributed by atoms with van der Waals surface area (Å²) in [6.45, 7) is 7.91. The summed E-state index contributed by atoms with van der Waals surface area (Å²) in [5.41, 5.74) is 2.33. The van der Waals surface area contributed by atoms with Crippen LogP contribution < -0.4 is 10.6 Å². The van der Waals surface area contributed by atoms with E-state index in [1.807, 2.05) is 23.1 Å². The van der Waals surface area contributed by atoms with Crippen molar-refractivity contribution in [1.82, 2.24) is 20.4 Å². The second kappa shape index (κ2) is 11.2. The number of benzene rings is 1. The first-order valence-corrected chi connectivity index (χ1v) is 11.9. The number of hydrogen-bond donors (Lipinski definition) is 2. The molecule has 3 heterocycles. The molecule has 0 spiro atoms. The Hall–Kier alpha value is -2.80. The van der Waals surface area contributed by atoms with Crippen LogP contribution in [0.5, 0.6) is 0 Å². The van der Waals surface area contributed by atoms with Crippen LogP contribution in [-0.4, -0.2) is 54.4 Å². The largest absolute Gasteiger partial charge is 0.468 e. The Morgan fingerprint density at radius 2 is 1.88 bits per heavy atom. The van der Waals surface area contributed by atoms with Crippen molar-refractivity contribution in [2.75, 3.05) is 32.7 Å². The van der Waals surface area contributed by atoms with Crippen molar-refractivity contribution >= 4 is 11.9 Å². The van der Waals surface area contributed by atoms with Gasteiger partial charge in [0.05, 0.1) is 18.8 Å². The number of amides is 1. The summed E-state index contributed by atoms with van der Waals surface area (Å²) >= 11 is 0. The molecule has 1 aromatic heterocycles. The van der Waals surface area contributed by atoms with Gasteiger partial charge in [0.1, 0.15) is 5.76 Å². The Bertz CT molecular complexity index is 889. The van der Waals surface area contributed by atoms with Gasteiger partial charge in [0, 0.05) is 32.6 Å². The SMILES string of the molecule is CCNC(=NCc1ccccc1CN1CCCC1=O)NCC(c1ccco1)N1CCCC1. The Balaban J connectivity index is 1.42. The fourth-order valence-corrected chi connectivity index (χ4v) is 4.59. The standard InChI is InChI=1S/C25H35N5O2/c1-2-26-25(28-18-22(23-11-8-16-32-23)29-13-5-6-14-29)27-17-20-9-3-4-10-21(20)19-30-15-7-12-24(30)31/h3-4,8-11,16,22H,2,5-7,12-15,17-19H2,1H3,(H2,26,27,28). The van der Waals surface area contributed by atoms with Crippen LogP contribution >= 0.6 is 0 Å². The van der Waals surface area contributed by atoms with Gasteiger partial charge in [0.25, 0.3) is 0 Å². The van der Waals surface area contributed by atoms with E-state index >= 15 is 0 Å². The summed E-state index contributed by atoms with van der Waals surface area (Å²) in [6, 6.07) is 12.5. The summed E-state index contributed by atoms with van der Waals surface area (Å²) in [7, 11) is 0. The number of rotatable bonds is 9. The lowest BCUT2D eigenvalue weighted by Crippen LogP contribution is -2.42. The number of carbonyl (C=O) groups is 1. The molecule has 1 atom stereocenters. The van der Waals surface area contributed by atoms with Crippen molar-refractivity contribution in [1.29, 1.82) is 0 Å². The molecule has 1 amide bonds. The normalized spacial score (nSPS) is 18.3. The van der Waals surface area contributed by atoms with Gasteiger partial charge in [0.15, 0.2) is 5.96 Å². The van der Waals surface area contributed by atoms with Gasteiger partial charge in [-0.2, -0.15) is 0 Å². The van der Waals surface area contributed by atoms with E-state index in [1.54, 1.807) is 6.26 Å². The fourth-order valence-electron chi connectivity index (χ4n) is 4.59. The highest BCUT2D eigenvalue weighted by atomic mass is 16.3. The molecule has 4 rings (SSSR count). The van der Waals surface area contributed by atoms with Crippen molar-refractivity contribution in [3.05, 3.63) is 59.5 Å². The molecule has 0 saturated carbocycles. The predicted octanol–water partition coefficient (Wildman–Crippen LogP) is 3.29. The summed E-state index contributed by atoms with van der Waals surface area (Å²) in [6.07, 6.45) is 5.85. The van der Waals surface area contributed by atoms with E-state index in [9.17, 15) is 4.79 Å². The molecule has 7 nitrogen and oxygen atoms in total. The minimum atomic E-state index is 0.199. The molecule has 2 fully saturated rings. The third-order valence-electron chi connectivity index (χ3n) is 6.32. The topological polar surface area (TPSA) is 73.1 Å². The molecule has 1 aromatic carbocycles. The van der Waals surface area contributed by atoms with Gasteiger partial charge in [-0.1, -0.05) is 24.3 Å². The minimum absolute atomic E-state index is 0.199. The van der Waals surface area contributed by atoms with Crippen molar-refractivity contribution in [2.24, 2.45) is 4.99 Å². The van der Waals surface area contributed by atoms with Crippen LogP contribution in [0.2, 0.25) is 0 Å². The van der Waals surface area contributed by atoms with Crippen molar-refractivity contribution in [3.63, 3.8) is 0 Å². The van der Waals surface area contributed by atoms with Gasteiger partial charge >= 0.3 is 0 Å². The van der Waals surface area contributed by atoms with Crippen LogP contribution in [0.3, 0.4) is 0 Å². The number of likely N-dealkylation sites (tertiary alicyclic amines) is 2. The second-order valence-corrected chi connectivity index (χ2v) is 8.54. The van der Waals surface area contributed by atoms with Gasteiger partial charge in [0.2, 0.25) is 5.91 Å². The maximum Gasteiger partial charge on any atom is 0.222 e. The number of guanidine groups is 1. The Morgan fingerprint density at radius 3 is 2.56 bits per heavy atom. The second-order valence-electron chi connectivity index (χ2n) is 8.54. The molecule has 2 N–H and O–H groups in total. The zero-order valence-electron chi connectivity index (χ0n) is 19.1. The van der Waals surface area contributed by atoms with E-state index in [4.69, 9.17) is 9.41 Å². The Kier molecular flexibility index (Phi) is 7.82. The minimum Gasteiger partial charge on any atom is -0.468 e. The molecule has 32 heavy (non-hydrogen) atoms. The van der Waals surface area contributed by atoms with Gasteiger partial charge in [-0.25, -0.2) is 4.99 Å². The van der Waals surface area contributed by atoms with Gasteiger partial charge in [-0.15, -0.1) is 0 Å². The van der Waals surface area contributed by atoms with Crippen LogP contribution in [0.4, 0.5) is 0 Å². The summed E-state index contributed by atoms with van der Waals surface area (Å²) in [5.74, 6) is 2.05. The van der Waals surface area contributed by atoms with E-state index in [0.29, 0.717) is 19.5 Å². The molecule has 2 aliphatic heterocycles. The van der Waals surface area contributed by atoms with Crippen molar-refractivity contribution in [3.8, 4) is 0 Å². The molecular weight excluding hydrogens is 402 g/mol. The third-order valence-corrected chi connectivity index (χ3v) is 6.32. The van der Waals surface area contributed by atoms with Crippen molar-refractivity contribution < 1.29 is 9.21 Å². The molecule has 0 radical (unpaired) electrons. The predicted molar refractivity (Wildman–Crippen MR) is 126 cm³/mol. The number of hydrogen-bond acceptors (Lipinski definition) is 4. The Morgan fingerprint density at radius 1 is 1.06 bits per heavy atom. The molecule has 1 unspecified atom stereocenters. The van der Waals surface area contributed by atoms with Crippen LogP contribution in [0.1, 0.15) is 55.5 Å². The van der Waals surface area contributed by atoms with Gasteiger partial charge in [-0.05, 0) is 62.5 Å².